The van der Waals surface area contributed by atoms with E-state index in [1.165, 1.54) is 36.1 Å². The number of amides is 3. The first-order chi connectivity index (χ1) is 12.8. The maximum atomic E-state index is 13.9. The minimum Gasteiger partial charge on any atom is -0.326 e. The van der Waals surface area contributed by atoms with Crippen LogP contribution in [0.4, 0.5) is 21.5 Å². The molecule has 1 unspecified atom stereocenters. The highest BCUT2D eigenvalue weighted by molar-refractivity contribution is 6.34. The maximum Gasteiger partial charge on any atom is 0.229 e. The fraction of sp³-hybridized carbons (Fsp3) is 0.211. The topological polar surface area (TPSA) is 78.5 Å². The molecule has 1 atom stereocenters. The molecule has 8 heteroatoms. The molecule has 1 heterocycles. The van der Waals surface area contributed by atoms with E-state index in [2.05, 4.69) is 10.6 Å². The molecule has 0 aliphatic carbocycles. The predicted octanol–water partition coefficient (Wildman–Crippen LogP) is 3.43. The van der Waals surface area contributed by atoms with Gasteiger partial charge in [0.1, 0.15) is 5.82 Å². The quantitative estimate of drug-likeness (QED) is 0.840. The molecular formula is C19H17ClFN3O3. The Labute approximate surface area is 160 Å². The first-order valence-electron chi connectivity index (χ1n) is 8.28. The van der Waals surface area contributed by atoms with Crippen LogP contribution < -0.4 is 15.5 Å². The molecule has 0 spiro atoms. The van der Waals surface area contributed by atoms with Crippen LogP contribution in [0.25, 0.3) is 0 Å². The molecule has 1 aliphatic heterocycles. The number of halogens is 2. The van der Waals surface area contributed by atoms with Gasteiger partial charge in [-0.25, -0.2) is 4.39 Å². The molecule has 0 saturated carbocycles. The number of hydrogen-bond acceptors (Lipinski definition) is 3. The molecular weight excluding hydrogens is 373 g/mol. The van der Waals surface area contributed by atoms with E-state index in [1.54, 1.807) is 18.2 Å². The van der Waals surface area contributed by atoms with E-state index in [1.807, 2.05) is 0 Å². The van der Waals surface area contributed by atoms with Crippen molar-refractivity contribution in [1.29, 1.82) is 0 Å². The molecule has 0 radical (unpaired) electrons. The molecule has 2 aromatic carbocycles. The van der Waals surface area contributed by atoms with Crippen molar-refractivity contribution < 1.29 is 18.8 Å². The third-order valence-electron chi connectivity index (χ3n) is 4.19. The lowest BCUT2D eigenvalue weighted by Crippen LogP contribution is -2.28. The van der Waals surface area contributed by atoms with Crippen LogP contribution in [-0.2, 0) is 14.4 Å². The van der Waals surface area contributed by atoms with Gasteiger partial charge in [-0.1, -0.05) is 23.7 Å². The first-order valence-corrected chi connectivity index (χ1v) is 8.66. The summed E-state index contributed by atoms with van der Waals surface area (Å²) in [7, 11) is 0. The smallest absolute Gasteiger partial charge is 0.229 e. The second kappa shape index (κ2) is 7.75. The fourth-order valence-corrected chi connectivity index (χ4v) is 3.14. The number of nitrogens with zero attached hydrogens (tertiary/aromatic N) is 1. The van der Waals surface area contributed by atoms with E-state index in [0.29, 0.717) is 11.4 Å². The Kier molecular flexibility index (Phi) is 5.41. The number of benzene rings is 2. The number of carbonyl (C=O) groups excluding carboxylic acids is 3. The van der Waals surface area contributed by atoms with Gasteiger partial charge in [0.15, 0.2) is 0 Å². The first kappa shape index (κ1) is 18.8. The van der Waals surface area contributed by atoms with Crippen molar-refractivity contribution in [2.45, 2.75) is 13.3 Å². The lowest BCUT2D eigenvalue weighted by molar-refractivity contribution is -0.122. The van der Waals surface area contributed by atoms with Crippen molar-refractivity contribution in [3.05, 3.63) is 53.3 Å². The summed E-state index contributed by atoms with van der Waals surface area (Å²) >= 11 is 6.09. The Bertz CT molecular complexity index is 919. The third kappa shape index (κ3) is 4.25. The van der Waals surface area contributed by atoms with E-state index in [-0.39, 0.29) is 41.4 Å². The summed E-state index contributed by atoms with van der Waals surface area (Å²) in [5.74, 6) is -2.03. The molecule has 140 valence electrons. The van der Waals surface area contributed by atoms with Crippen molar-refractivity contribution in [2.75, 3.05) is 22.1 Å². The number of nitrogens with one attached hydrogen (secondary N) is 2. The summed E-state index contributed by atoms with van der Waals surface area (Å²) in [4.78, 5) is 37.1. The Morgan fingerprint density at radius 2 is 1.93 bits per heavy atom. The van der Waals surface area contributed by atoms with E-state index in [4.69, 9.17) is 11.6 Å². The maximum absolute atomic E-state index is 13.9. The molecule has 27 heavy (non-hydrogen) atoms. The van der Waals surface area contributed by atoms with E-state index in [0.717, 1.165) is 0 Å². The Hall–Kier alpha value is -2.93. The van der Waals surface area contributed by atoms with E-state index in [9.17, 15) is 18.8 Å². The monoisotopic (exact) mass is 389 g/mol. The second-order valence-corrected chi connectivity index (χ2v) is 6.63. The lowest BCUT2D eigenvalue weighted by atomic mass is 10.1. The molecule has 3 rings (SSSR count). The Balaban J connectivity index is 1.69. The zero-order valence-electron chi connectivity index (χ0n) is 14.5. The minimum absolute atomic E-state index is 0.00211. The number of anilines is 3. The van der Waals surface area contributed by atoms with Gasteiger partial charge in [-0.15, -0.1) is 0 Å². The summed E-state index contributed by atoms with van der Waals surface area (Å²) in [5.41, 5.74) is 1.04. The SMILES string of the molecule is CC(=O)Nc1ccc(NC(=O)C2CC(=O)N(c3ccccc3F)C2)cc1Cl. The van der Waals surface area contributed by atoms with Crippen molar-refractivity contribution in [3.8, 4) is 0 Å². The van der Waals surface area contributed by atoms with Gasteiger partial charge in [0.25, 0.3) is 0 Å². The number of hydrogen-bond donors (Lipinski definition) is 2. The highest BCUT2D eigenvalue weighted by atomic mass is 35.5. The van der Waals surface area contributed by atoms with E-state index < -0.39 is 11.7 Å². The molecule has 2 aromatic rings. The van der Waals surface area contributed by atoms with Crippen LogP contribution in [0.15, 0.2) is 42.5 Å². The van der Waals surface area contributed by atoms with Crippen LogP contribution in [0.2, 0.25) is 5.02 Å². The van der Waals surface area contributed by atoms with Crippen LogP contribution in [0, 0.1) is 11.7 Å². The van der Waals surface area contributed by atoms with Crippen molar-refractivity contribution in [3.63, 3.8) is 0 Å². The summed E-state index contributed by atoms with van der Waals surface area (Å²) in [5, 5.41) is 5.55. The fourth-order valence-electron chi connectivity index (χ4n) is 2.91. The van der Waals surface area contributed by atoms with Crippen LogP contribution >= 0.6 is 11.6 Å². The average Bonchev–Trinajstić information content (AvgIpc) is 2.99. The van der Waals surface area contributed by atoms with Gasteiger partial charge >= 0.3 is 0 Å². The van der Waals surface area contributed by atoms with Crippen molar-refractivity contribution in [1.82, 2.24) is 0 Å². The van der Waals surface area contributed by atoms with Gasteiger partial charge in [-0.05, 0) is 30.3 Å². The number of para-hydroxylation sites is 1. The van der Waals surface area contributed by atoms with Crippen LogP contribution in [0.1, 0.15) is 13.3 Å². The molecule has 6 nitrogen and oxygen atoms in total. The molecule has 1 fully saturated rings. The van der Waals surface area contributed by atoms with Gasteiger partial charge < -0.3 is 15.5 Å². The minimum atomic E-state index is -0.606. The molecule has 1 saturated heterocycles. The largest absolute Gasteiger partial charge is 0.326 e. The van der Waals surface area contributed by atoms with Crippen LogP contribution in [0.3, 0.4) is 0 Å². The highest BCUT2D eigenvalue weighted by Gasteiger charge is 2.36. The molecule has 0 aromatic heterocycles. The lowest BCUT2D eigenvalue weighted by Gasteiger charge is -2.17. The summed E-state index contributed by atoms with van der Waals surface area (Å²) < 4.78 is 13.9. The molecule has 3 amide bonds. The third-order valence-corrected chi connectivity index (χ3v) is 4.50. The summed E-state index contributed by atoms with van der Waals surface area (Å²) in [6, 6.07) is 10.6. The second-order valence-electron chi connectivity index (χ2n) is 6.22. The van der Waals surface area contributed by atoms with Gasteiger partial charge in [0.2, 0.25) is 17.7 Å². The zero-order valence-corrected chi connectivity index (χ0v) is 15.2. The van der Waals surface area contributed by atoms with Crippen LogP contribution in [0.5, 0.6) is 0 Å². The molecule has 2 N–H and O–H groups in total. The standard InChI is InChI=1S/C19H17ClFN3O3/c1-11(25)22-16-7-6-13(9-14(16)20)23-19(27)12-8-18(26)24(10-12)17-5-3-2-4-15(17)21/h2-7,9,12H,8,10H2,1H3,(H,22,25)(H,23,27). The van der Waals surface area contributed by atoms with Crippen LogP contribution in [-0.4, -0.2) is 24.3 Å². The summed E-state index contributed by atoms with van der Waals surface area (Å²) in [6.45, 7) is 1.47. The van der Waals surface area contributed by atoms with Gasteiger partial charge in [-0.2, -0.15) is 0 Å². The van der Waals surface area contributed by atoms with Gasteiger partial charge in [-0.3, -0.25) is 14.4 Å². The normalized spacial score (nSPS) is 16.3. The molecule has 1 aliphatic rings. The summed E-state index contributed by atoms with van der Waals surface area (Å²) in [6.07, 6.45) is -0.00211. The average molecular weight is 390 g/mol. The zero-order chi connectivity index (χ0) is 19.6. The van der Waals surface area contributed by atoms with Gasteiger partial charge in [0.05, 0.1) is 22.3 Å². The van der Waals surface area contributed by atoms with Gasteiger partial charge in [0, 0.05) is 25.6 Å². The highest BCUT2D eigenvalue weighted by Crippen LogP contribution is 2.29. The van der Waals surface area contributed by atoms with Crippen molar-refractivity contribution in [2.24, 2.45) is 5.92 Å². The van der Waals surface area contributed by atoms with E-state index >= 15 is 0 Å². The Morgan fingerprint density at radius 1 is 1.19 bits per heavy atom. The number of rotatable bonds is 4. The molecule has 0 bridgehead atoms. The van der Waals surface area contributed by atoms with Crippen molar-refractivity contribution >= 4 is 46.4 Å². The Morgan fingerprint density at radius 3 is 2.59 bits per heavy atom. The predicted molar refractivity (Wildman–Crippen MR) is 101 cm³/mol. The number of carbonyl (C=O) groups is 3.